The highest BCUT2D eigenvalue weighted by Crippen LogP contribution is 2.21. The maximum Gasteiger partial charge on any atom is 0.253 e. The van der Waals surface area contributed by atoms with Gasteiger partial charge in [0.2, 0.25) is 0 Å². The molecule has 1 fully saturated rings. The van der Waals surface area contributed by atoms with Crippen molar-refractivity contribution in [3.8, 4) is 11.8 Å². The molecule has 1 unspecified atom stereocenters. The van der Waals surface area contributed by atoms with Crippen LogP contribution >= 0.6 is 0 Å². The van der Waals surface area contributed by atoms with Gasteiger partial charge in [-0.1, -0.05) is 31.3 Å². The summed E-state index contributed by atoms with van der Waals surface area (Å²) in [7, 11) is 0. The lowest BCUT2D eigenvalue weighted by atomic mass is 10.1. The van der Waals surface area contributed by atoms with Crippen LogP contribution in [-0.2, 0) is 0 Å². The van der Waals surface area contributed by atoms with Crippen LogP contribution in [0.15, 0.2) is 24.3 Å². The van der Waals surface area contributed by atoms with Gasteiger partial charge in [-0.25, -0.2) is 0 Å². The fourth-order valence-electron chi connectivity index (χ4n) is 2.42. The number of carbonyl (C=O) groups excluding carboxylic acids is 1. The predicted octanol–water partition coefficient (Wildman–Crippen LogP) is 1.87. The summed E-state index contributed by atoms with van der Waals surface area (Å²) < 4.78 is 0. The summed E-state index contributed by atoms with van der Waals surface area (Å²) >= 11 is 0. The van der Waals surface area contributed by atoms with Gasteiger partial charge in [-0.15, -0.1) is 0 Å². The van der Waals surface area contributed by atoms with E-state index in [0.717, 1.165) is 37.1 Å². The van der Waals surface area contributed by atoms with Crippen molar-refractivity contribution in [1.29, 1.82) is 0 Å². The minimum atomic E-state index is 0.118. The molecule has 3 heteroatoms. The summed E-state index contributed by atoms with van der Waals surface area (Å²) in [5, 5.41) is 0. The second-order valence-electron chi connectivity index (χ2n) is 4.90. The highest BCUT2D eigenvalue weighted by molar-refractivity contribution is 5.94. The Morgan fingerprint density at radius 2 is 2.37 bits per heavy atom. The van der Waals surface area contributed by atoms with Crippen molar-refractivity contribution in [1.82, 2.24) is 4.90 Å². The lowest BCUT2D eigenvalue weighted by Crippen LogP contribution is -2.28. The van der Waals surface area contributed by atoms with E-state index in [4.69, 9.17) is 5.73 Å². The Bertz CT molecular complexity index is 513. The number of hydrogen-bond donors (Lipinski definition) is 1. The molecule has 2 N–H and O–H groups in total. The summed E-state index contributed by atoms with van der Waals surface area (Å²) in [6.07, 6.45) is 2.26. The Kier molecular flexibility index (Phi) is 4.59. The third-order valence-corrected chi connectivity index (χ3v) is 3.59. The summed E-state index contributed by atoms with van der Waals surface area (Å²) in [6.45, 7) is 4.27. The van der Waals surface area contributed by atoms with Crippen LogP contribution in [0, 0.1) is 17.8 Å². The van der Waals surface area contributed by atoms with Crippen molar-refractivity contribution >= 4 is 5.91 Å². The monoisotopic (exact) mass is 256 g/mol. The van der Waals surface area contributed by atoms with E-state index >= 15 is 0 Å². The number of likely N-dealkylation sites (tertiary alicyclic amines) is 1. The molecule has 1 heterocycles. The molecule has 1 aliphatic heterocycles. The van der Waals surface area contributed by atoms with Gasteiger partial charge in [-0.3, -0.25) is 4.79 Å². The van der Waals surface area contributed by atoms with E-state index < -0.39 is 0 Å². The lowest BCUT2D eigenvalue weighted by molar-refractivity contribution is 0.0787. The van der Waals surface area contributed by atoms with Gasteiger partial charge >= 0.3 is 0 Å². The van der Waals surface area contributed by atoms with E-state index in [1.165, 1.54) is 0 Å². The number of nitrogens with two attached hydrogens (primary N) is 1. The zero-order valence-corrected chi connectivity index (χ0v) is 11.4. The molecular weight excluding hydrogens is 236 g/mol. The van der Waals surface area contributed by atoms with Crippen molar-refractivity contribution in [2.24, 2.45) is 11.7 Å². The fraction of sp³-hybridized carbons (Fsp3) is 0.438. The van der Waals surface area contributed by atoms with Gasteiger partial charge in [0.1, 0.15) is 0 Å². The number of hydrogen-bond acceptors (Lipinski definition) is 2. The van der Waals surface area contributed by atoms with E-state index in [9.17, 15) is 4.79 Å². The molecule has 1 aliphatic rings. The van der Waals surface area contributed by atoms with Crippen LogP contribution in [0.2, 0.25) is 0 Å². The first kappa shape index (κ1) is 13.6. The Balaban J connectivity index is 2.11. The Hall–Kier alpha value is -1.79. The van der Waals surface area contributed by atoms with Crippen LogP contribution in [0.5, 0.6) is 0 Å². The molecule has 19 heavy (non-hydrogen) atoms. The smallest absolute Gasteiger partial charge is 0.253 e. The minimum absolute atomic E-state index is 0.118. The molecule has 0 spiro atoms. The van der Waals surface area contributed by atoms with Crippen molar-refractivity contribution < 1.29 is 4.79 Å². The van der Waals surface area contributed by atoms with Crippen LogP contribution in [0.3, 0.4) is 0 Å². The molecule has 0 saturated carbocycles. The number of carbonyl (C=O) groups is 1. The van der Waals surface area contributed by atoms with Gasteiger partial charge in [0.25, 0.3) is 5.91 Å². The van der Waals surface area contributed by atoms with Crippen molar-refractivity contribution in [3.05, 3.63) is 35.4 Å². The quantitative estimate of drug-likeness (QED) is 0.821. The van der Waals surface area contributed by atoms with Gasteiger partial charge in [0.05, 0.1) is 6.54 Å². The molecule has 3 nitrogen and oxygen atoms in total. The fourth-order valence-corrected chi connectivity index (χ4v) is 2.42. The molecule has 1 atom stereocenters. The van der Waals surface area contributed by atoms with E-state index in [0.29, 0.717) is 12.5 Å². The van der Waals surface area contributed by atoms with Gasteiger partial charge in [-0.05, 0) is 30.5 Å². The summed E-state index contributed by atoms with van der Waals surface area (Å²) in [6, 6.07) is 7.49. The second kappa shape index (κ2) is 6.40. The molecule has 1 saturated heterocycles. The van der Waals surface area contributed by atoms with E-state index in [1.54, 1.807) is 0 Å². The molecule has 1 amide bonds. The summed E-state index contributed by atoms with van der Waals surface area (Å²) in [5.41, 5.74) is 6.93. The SMILES string of the molecule is CCC1CCN(C(=O)c2cccc(C#CCN)c2)C1. The van der Waals surface area contributed by atoms with E-state index in [2.05, 4.69) is 18.8 Å². The molecule has 0 aromatic heterocycles. The zero-order chi connectivity index (χ0) is 13.7. The van der Waals surface area contributed by atoms with Crippen LogP contribution in [-0.4, -0.2) is 30.4 Å². The van der Waals surface area contributed by atoms with E-state index in [-0.39, 0.29) is 5.91 Å². The minimum Gasteiger partial charge on any atom is -0.338 e. The van der Waals surface area contributed by atoms with Crippen molar-refractivity contribution in [3.63, 3.8) is 0 Å². The van der Waals surface area contributed by atoms with Crippen molar-refractivity contribution in [2.75, 3.05) is 19.6 Å². The number of benzene rings is 1. The molecule has 0 bridgehead atoms. The molecule has 1 aromatic rings. The number of rotatable bonds is 2. The first-order chi connectivity index (χ1) is 9.24. The van der Waals surface area contributed by atoms with Gasteiger partial charge in [0.15, 0.2) is 0 Å². The maximum atomic E-state index is 12.4. The second-order valence-corrected chi connectivity index (χ2v) is 4.90. The first-order valence-electron chi connectivity index (χ1n) is 6.83. The average Bonchev–Trinajstić information content (AvgIpc) is 2.93. The average molecular weight is 256 g/mol. The van der Waals surface area contributed by atoms with Crippen LogP contribution in [0.1, 0.15) is 35.7 Å². The highest BCUT2D eigenvalue weighted by Gasteiger charge is 2.25. The number of amides is 1. The molecule has 1 aromatic carbocycles. The topological polar surface area (TPSA) is 46.3 Å². The molecule has 100 valence electrons. The van der Waals surface area contributed by atoms with E-state index in [1.807, 2.05) is 29.2 Å². The Morgan fingerprint density at radius 1 is 1.53 bits per heavy atom. The third kappa shape index (κ3) is 3.36. The zero-order valence-electron chi connectivity index (χ0n) is 11.4. The van der Waals surface area contributed by atoms with Crippen LogP contribution < -0.4 is 5.73 Å². The van der Waals surface area contributed by atoms with Gasteiger partial charge < -0.3 is 10.6 Å². The molecule has 0 aliphatic carbocycles. The van der Waals surface area contributed by atoms with Gasteiger partial charge in [-0.2, -0.15) is 0 Å². The molecular formula is C16H20N2O. The molecule has 0 radical (unpaired) electrons. The predicted molar refractivity (Wildman–Crippen MR) is 76.7 cm³/mol. The molecule has 2 rings (SSSR count). The normalized spacial score (nSPS) is 18.0. The first-order valence-corrected chi connectivity index (χ1v) is 6.83. The largest absolute Gasteiger partial charge is 0.338 e. The van der Waals surface area contributed by atoms with Crippen LogP contribution in [0.4, 0.5) is 0 Å². The number of nitrogens with zero attached hydrogens (tertiary/aromatic N) is 1. The summed E-state index contributed by atoms with van der Waals surface area (Å²) in [4.78, 5) is 14.3. The van der Waals surface area contributed by atoms with Crippen molar-refractivity contribution in [2.45, 2.75) is 19.8 Å². The highest BCUT2D eigenvalue weighted by atomic mass is 16.2. The lowest BCUT2D eigenvalue weighted by Gasteiger charge is -2.16. The third-order valence-electron chi connectivity index (χ3n) is 3.59. The Labute approximate surface area is 114 Å². The van der Waals surface area contributed by atoms with Crippen LogP contribution in [0.25, 0.3) is 0 Å². The standard InChI is InChI=1S/C16H20N2O/c1-2-13-8-10-18(12-13)16(19)15-7-3-5-14(11-15)6-4-9-17/h3,5,7,11,13H,2,8-10,12,17H2,1H3. The Morgan fingerprint density at radius 3 is 3.05 bits per heavy atom. The summed E-state index contributed by atoms with van der Waals surface area (Å²) in [5.74, 6) is 6.55. The maximum absolute atomic E-state index is 12.4. The van der Waals surface area contributed by atoms with Gasteiger partial charge in [0, 0.05) is 24.2 Å².